The second kappa shape index (κ2) is 6.27. The summed E-state index contributed by atoms with van der Waals surface area (Å²) < 4.78 is 25.8. The Hall–Kier alpha value is -2.24. The largest absolute Gasteiger partial charge is 0.347 e. The third-order valence-electron chi connectivity index (χ3n) is 2.93. The Kier molecular flexibility index (Phi) is 4.45. The molecule has 1 aromatic heterocycles. The molecule has 1 amide bonds. The standard InChI is InChI=1S/C14H15F2N3O/c1-9(14-17-6-7-18-14)19-13(20)5-3-10-2-4-11(15)12(16)8-10/h2,4,6-9H,3,5H2,1H3,(H,17,18)(H,19,20). The molecule has 4 nitrogen and oxygen atoms in total. The number of rotatable bonds is 5. The molecule has 0 radical (unpaired) electrons. The average Bonchev–Trinajstić information content (AvgIpc) is 2.94. The number of hydrogen-bond donors (Lipinski definition) is 2. The third kappa shape index (κ3) is 3.63. The van der Waals surface area contributed by atoms with E-state index in [1.54, 1.807) is 12.4 Å². The zero-order valence-corrected chi connectivity index (χ0v) is 11.0. The van der Waals surface area contributed by atoms with Crippen molar-refractivity contribution >= 4 is 5.91 Å². The smallest absolute Gasteiger partial charge is 0.220 e. The molecule has 106 valence electrons. The van der Waals surface area contributed by atoms with Gasteiger partial charge in [0.2, 0.25) is 5.91 Å². The van der Waals surface area contributed by atoms with Gasteiger partial charge in [0.25, 0.3) is 0 Å². The van der Waals surface area contributed by atoms with Gasteiger partial charge in [0.1, 0.15) is 5.82 Å². The number of nitrogens with zero attached hydrogens (tertiary/aromatic N) is 1. The van der Waals surface area contributed by atoms with Gasteiger partial charge in [-0.05, 0) is 31.0 Å². The highest BCUT2D eigenvalue weighted by Crippen LogP contribution is 2.11. The SMILES string of the molecule is CC(NC(=O)CCc1ccc(F)c(F)c1)c1ncc[nH]1. The molecule has 0 spiro atoms. The van der Waals surface area contributed by atoms with Crippen LogP contribution in [0, 0.1) is 11.6 Å². The summed E-state index contributed by atoms with van der Waals surface area (Å²) in [6.45, 7) is 1.81. The predicted molar refractivity (Wildman–Crippen MR) is 69.8 cm³/mol. The Bertz CT molecular complexity index is 584. The molecule has 2 rings (SSSR count). The number of amides is 1. The summed E-state index contributed by atoms with van der Waals surface area (Å²) in [7, 11) is 0. The van der Waals surface area contributed by atoms with Gasteiger partial charge in [0, 0.05) is 18.8 Å². The summed E-state index contributed by atoms with van der Waals surface area (Å²) in [5.74, 6) is -1.28. The van der Waals surface area contributed by atoms with Gasteiger partial charge in [-0.2, -0.15) is 0 Å². The molecule has 1 aromatic carbocycles. The van der Waals surface area contributed by atoms with Crippen LogP contribution in [-0.2, 0) is 11.2 Å². The number of aromatic nitrogens is 2. The van der Waals surface area contributed by atoms with Crippen LogP contribution in [0.15, 0.2) is 30.6 Å². The fraction of sp³-hybridized carbons (Fsp3) is 0.286. The Morgan fingerprint density at radius 2 is 2.20 bits per heavy atom. The molecular weight excluding hydrogens is 264 g/mol. The maximum Gasteiger partial charge on any atom is 0.220 e. The Balaban J connectivity index is 1.84. The molecule has 1 heterocycles. The first-order valence-electron chi connectivity index (χ1n) is 6.29. The van der Waals surface area contributed by atoms with Crippen molar-refractivity contribution in [2.45, 2.75) is 25.8 Å². The van der Waals surface area contributed by atoms with Gasteiger partial charge in [-0.1, -0.05) is 6.07 Å². The van der Waals surface area contributed by atoms with Crippen LogP contribution in [0.3, 0.4) is 0 Å². The van der Waals surface area contributed by atoms with E-state index >= 15 is 0 Å². The molecule has 2 N–H and O–H groups in total. The monoisotopic (exact) mass is 279 g/mol. The van der Waals surface area contributed by atoms with Gasteiger partial charge < -0.3 is 10.3 Å². The molecule has 6 heteroatoms. The molecule has 0 bridgehead atoms. The summed E-state index contributed by atoms with van der Waals surface area (Å²) >= 11 is 0. The molecule has 0 aliphatic heterocycles. The number of benzene rings is 1. The second-order valence-corrected chi connectivity index (χ2v) is 4.51. The van der Waals surface area contributed by atoms with Crippen LogP contribution in [0.5, 0.6) is 0 Å². The fourth-order valence-electron chi connectivity index (χ4n) is 1.85. The van der Waals surface area contributed by atoms with Gasteiger partial charge in [-0.3, -0.25) is 4.79 Å². The van der Waals surface area contributed by atoms with Crippen LogP contribution in [-0.4, -0.2) is 15.9 Å². The first-order chi connectivity index (χ1) is 9.56. The lowest BCUT2D eigenvalue weighted by atomic mass is 10.1. The van der Waals surface area contributed by atoms with E-state index in [1.807, 2.05) is 6.92 Å². The molecule has 1 atom stereocenters. The van der Waals surface area contributed by atoms with Crippen molar-refractivity contribution in [3.05, 3.63) is 53.6 Å². The first-order valence-corrected chi connectivity index (χ1v) is 6.29. The molecule has 0 saturated carbocycles. The lowest BCUT2D eigenvalue weighted by molar-refractivity contribution is -0.121. The van der Waals surface area contributed by atoms with Crippen LogP contribution in [0.25, 0.3) is 0 Å². The lowest BCUT2D eigenvalue weighted by Crippen LogP contribution is -2.27. The summed E-state index contributed by atoms with van der Waals surface area (Å²) in [6, 6.07) is 3.43. The molecule has 2 aromatic rings. The number of nitrogens with one attached hydrogen (secondary N) is 2. The van der Waals surface area contributed by atoms with E-state index in [-0.39, 0.29) is 18.4 Å². The highest BCUT2D eigenvalue weighted by molar-refractivity contribution is 5.76. The molecule has 1 unspecified atom stereocenters. The van der Waals surface area contributed by atoms with Crippen molar-refractivity contribution in [2.75, 3.05) is 0 Å². The zero-order chi connectivity index (χ0) is 14.5. The van der Waals surface area contributed by atoms with E-state index in [0.717, 1.165) is 12.1 Å². The van der Waals surface area contributed by atoms with Gasteiger partial charge in [-0.25, -0.2) is 13.8 Å². The average molecular weight is 279 g/mol. The third-order valence-corrected chi connectivity index (χ3v) is 2.93. The van der Waals surface area contributed by atoms with Gasteiger partial charge in [0.15, 0.2) is 11.6 Å². The van der Waals surface area contributed by atoms with Crippen molar-refractivity contribution in [1.82, 2.24) is 15.3 Å². The summed E-state index contributed by atoms with van der Waals surface area (Å²) in [5, 5.41) is 2.78. The fourth-order valence-corrected chi connectivity index (χ4v) is 1.85. The normalized spacial score (nSPS) is 12.2. The van der Waals surface area contributed by atoms with E-state index in [0.29, 0.717) is 17.8 Å². The number of H-pyrrole nitrogens is 1. The molecule has 20 heavy (non-hydrogen) atoms. The number of halogens is 2. The molecule has 0 fully saturated rings. The number of aryl methyl sites for hydroxylation is 1. The number of imidazole rings is 1. The Morgan fingerprint density at radius 3 is 2.85 bits per heavy atom. The van der Waals surface area contributed by atoms with Crippen LogP contribution < -0.4 is 5.32 Å². The van der Waals surface area contributed by atoms with Crippen LogP contribution in [0.4, 0.5) is 8.78 Å². The van der Waals surface area contributed by atoms with Crippen LogP contribution >= 0.6 is 0 Å². The lowest BCUT2D eigenvalue weighted by Gasteiger charge is -2.11. The van der Waals surface area contributed by atoms with E-state index in [4.69, 9.17) is 0 Å². The maximum absolute atomic E-state index is 13.0. The van der Waals surface area contributed by atoms with Gasteiger partial charge >= 0.3 is 0 Å². The van der Waals surface area contributed by atoms with Gasteiger partial charge in [0.05, 0.1) is 6.04 Å². The van der Waals surface area contributed by atoms with Gasteiger partial charge in [-0.15, -0.1) is 0 Å². The highest BCUT2D eigenvalue weighted by Gasteiger charge is 2.11. The van der Waals surface area contributed by atoms with Crippen molar-refractivity contribution < 1.29 is 13.6 Å². The van der Waals surface area contributed by atoms with Crippen LogP contribution in [0.1, 0.15) is 30.8 Å². The molecular formula is C14H15F2N3O. The quantitative estimate of drug-likeness (QED) is 0.883. The van der Waals surface area contributed by atoms with Crippen molar-refractivity contribution in [3.63, 3.8) is 0 Å². The summed E-state index contributed by atoms with van der Waals surface area (Å²) in [4.78, 5) is 18.7. The maximum atomic E-state index is 13.0. The van der Waals surface area contributed by atoms with E-state index in [1.165, 1.54) is 6.07 Å². The minimum atomic E-state index is -0.896. The summed E-state index contributed by atoms with van der Waals surface area (Å²) in [5.41, 5.74) is 0.588. The number of aromatic amines is 1. The number of hydrogen-bond acceptors (Lipinski definition) is 2. The minimum absolute atomic E-state index is 0.168. The van der Waals surface area contributed by atoms with Crippen molar-refractivity contribution in [3.8, 4) is 0 Å². The predicted octanol–water partition coefficient (Wildman–Crippen LogP) is 2.50. The number of carbonyl (C=O) groups is 1. The highest BCUT2D eigenvalue weighted by atomic mass is 19.2. The molecule has 0 saturated heterocycles. The topological polar surface area (TPSA) is 57.8 Å². The Morgan fingerprint density at radius 1 is 1.40 bits per heavy atom. The van der Waals surface area contributed by atoms with Crippen molar-refractivity contribution in [2.24, 2.45) is 0 Å². The van der Waals surface area contributed by atoms with E-state index in [9.17, 15) is 13.6 Å². The van der Waals surface area contributed by atoms with Crippen molar-refractivity contribution in [1.29, 1.82) is 0 Å². The first kappa shape index (κ1) is 14.2. The molecule has 0 aliphatic rings. The second-order valence-electron chi connectivity index (χ2n) is 4.51. The van der Waals surface area contributed by atoms with Crippen LogP contribution in [0.2, 0.25) is 0 Å². The number of carbonyl (C=O) groups excluding carboxylic acids is 1. The van der Waals surface area contributed by atoms with E-state index in [2.05, 4.69) is 15.3 Å². The van der Waals surface area contributed by atoms with E-state index < -0.39 is 11.6 Å². The zero-order valence-electron chi connectivity index (χ0n) is 11.0. The summed E-state index contributed by atoms with van der Waals surface area (Å²) in [6.07, 6.45) is 3.85. The Labute approximate surface area is 115 Å². The molecule has 0 aliphatic carbocycles. The minimum Gasteiger partial charge on any atom is -0.347 e.